The van der Waals surface area contributed by atoms with Crippen LogP contribution in [-0.4, -0.2) is 57.1 Å². The molecule has 0 aliphatic heterocycles. The van der Waals surface area contributed by atoms with Gasteiger partial charge in [0.2, 0.25) is 21.8 Å². The summed E-state index contributed by atoms with van der Waals surface area (Å²) >= 11 is 0. The molecule has 2 aromatic carbocycles. The minimum Gasteiger partial charge on any atom is -0.497 e. The van der Waals surface area contributed by atoms with E-state index in [4.69, 9.17) is 4.74 Å². The third-order valence-electron chi connectivity index (χ3n) is 5.68. The Labute approximate surface area is 202 Å². The van der Waals surface area contributed by atoms with Crippen LogP contribution in [0.25, 0.3) is 0 Å². The number of nitrogens with zero attached hydrogens (tertiary/aromatic N) is 2. The van der Waals surface area contributed by atoms with E-state index in [0.29, 0.717) is 11.4 Å². The average molecular weight is 490 g/mol. The molecule has 0 radical (unpaired) electrons. The summed E-state index contributed by atoms with van der Waals surface area (Å²) in [4.78, 5) is 27.8. The highest BCUT2D eigenvalue weighted by atomic mass is 32.2. The highest BCUT2D eigenvalue weighted by molar-refractivity contribution is 7.92. The number of hydrogen-bond donors (Lipinski definition) is 1. The normalized spacial score (nSPS) is 13.0. The molecular weight excluding hydrogens is 454 g/mol. The summed E-state index contributed by atoms with van der Waals surface area (Å²) in [5.41, 5.74) is 2.26. The Morgan fingerprint density at radius 3 is 2.12 bits per heavy atom. The van der Waals surface area contributed by atoms with Gasteiger partial charge in [0.15, 0.2) is 0 Å². The Morgan fingerprint density at radius 1 is 1.03 bits per heavy atom. The number of sulfonamides is 1. The summed E-state index contributed by atoms with van der Waals surface area (Å²) in [6.45, 7) is 7.22. The molecule has 0 saturated carbocycles. The minimum absolute atomic E-state index is 0.0434. The Balaban J connectivity index is 2.36. The number of anilines is 1. The predicted octanol–water partition coefficient (Wildman–Crippen LogP) is 3.10. The van der Waals surface area contributed by atoms with Crippen molar-refractivity contribution < 1.29 is 22.7 Å². The summed E-state index contributed by atoms with van der Waals surface area (Å²) in [6, 6.07) is 13.2. The zero-order valence-corrected chi connectivity index (χ0v) is 21.6. The summed E-state index contributed by atoms with van der Waals surface area (Å²) in [6.07, 6.45) is 1.80. The lowest BCUT2D eigenvalue weighted by Crippen LogP contribution is -2.52. The van der Waals surface area contributed by atoms with Crippen molar-refractivity contribution >= 4 is 27.5 Å². The number of amides is 2. The van der Waals surface area contributed by atoms with Crippen molar-refractivity contribution in [3.05, 3.63) is 59.7 Å². The predicted molar refractivity (Wildman–Crippen MR) is 134 cm³/mol. The molecule has 0 fully saturated rings. The van der Waals surface area contributed by atoms with Gasteiger partial charge in [-0.3, -0.25) is 13.9 Å². The molecule has 34 heavy (non-hydrogen) atoms. The lowest BCUT2D eigenvalue weighted by Gasteiger charge is -2.32. The number of ether oxygens (including phenoxy) is 1. The maximum absolute atomic E-state index is 13.5. The topological polar surface area (TPSA) is 96.0 Å². The van der Waals surface area contributed by atoms with Gasteiger partial charge in [0, 0.05) is 12.6 Å². The Hall–Kier alpha value is -3.07. The third kappa shape index (κ3) is 7.48. The van der Waals surface area contributed by atoms with E-state index < -0.39 is 28.5 Å². The maximum Gasteiger partial charge on any atom is 0.244 e. The van der Waals surface area contributed by atoms with Crippen LogP contribution >= 0.6 is 0 Å². The van der Waals surface area contributed by atoms with Crippen LogP contribution in [0, 0.1) is 6.92 Å². The van der Waals surface area contributed by atoms with E-state index in [9.17, 15) is 18.0 Å². The molecule has 0 saturated heterocycles. The van der Waals surface area contributed by atoms with E-state index in [-0.39, 0.29) is 18.5 Å². The van der Waals surface area contributed by atoms with Gasteiger partial charge in [-0.05, 0) is 57.0 Å². The second-order valence-electron chi connectivity index (χ2n) is 8.47. The molecule has 186 valence electrons. The molecule has 0 spiro atoms. The van der Waals surface area contributed by atoms with Gasteiger partial charge in [-0.2, -0.15) is 0 Å². The molecule has 0 aliphatic rings. The monoisotopic (exact) mass is 489 g/mol. The highest BCUT2D eigenvalue weighted by Gasteiger charge is 2.30. The number of benzene rings is 2. The fourth-order valence-electron chi connectivity index (χ4n) is 3.30. The first-order valence-corrected chi connectivity index (χ1v) is 13.1. The van der Waals surface area contributed by atoms with Gasteiger partial charge in [-0.1, -0.05) is 36.8 Å². The van der Waals surface area contributed by atoms with Gasteiger partial charge < -0.3 is 15.0 Å². The summed E-state index contributed by atoms with van der Waals surface area (Å²) in [5, 5.41) is 2.91. The molecule has 2 amide bonds. The Bertz CT molecular complexity index is 1070. The van der Waals surface area contributed by atoms with E-state index in [1.807, 2.05) is 45.0 Å². The lowest BCUT2D eigenvalue weighted by atomic mass is 10.1. The standard InChI is InChI=1S/C25H35N3O5S/c1-7-19(3)26-25(30)20(4)27(16-21-10-8-18(2)9-11-21)24(29)17-28(34(6,31)32)22-12-14-23(33-5)15-13-22/h8-15,19-20H,7,16-17H2,1-6H3,(H,26,30)/t19-,20+/m1/s1. The lowest BCUT2D eigenvalue weighted by molar-refractivity contribution is -0.139. The van der Waals surface area contributed by atoms with E-state index in [0.717, 1.165) is 28.1 Å². The summed E-state index contributed by atoms with van der Waals surface area (Å²) < 4.78 is 31.3. The second-order valence-corrected chi connectivity index (χ2v) is 10.4. The molecule has 0 unspecified atom stereocenters. The van der Waals surface area contributed by atoms with Crippen molar-refractivity contribution in [2.24, 2.45) is 0 Å². The fraction of sp³-hybridized carbons (Fsp3) is 0.440. The Kier molecular flexibility index (Phi) is 9.49. The summed E-state index contributed by atoms with van der Waals surface area (Å²) in [5.74, 6) is -0.196. The molecule has 2 rings (SSSR count). The number of hydrogen-bond acceptors (Lipinski definition) is 5. The maximum atomic E-state index is 13.5. The van der Waals surface area contributed by atoms with Crippen LogP contribution in [0.15, 0.2) is 48.5 Å². The van der Waals surface area contributed by atoms with Crippen LogP contribution in [0.4, 0.5) is 5.69 Å². The molecule has 0 bridgehead atoms. The Morgan fingerprint density at radius 2 is 1.62 bits per heavy atom. The molecule has 9 heteroatoms. The number of nitrogens with one attached hydrogen (secondary N) is 1. The minimum atomic E-state index is -3.77. The first kappa shape index (κ1) is 27.2. The van der Waals surface area contributed by atoms with Crippen molar-refractivity contribution in [3.63, 3.8) is 0 Å². The van der Waals surface area contributed by atoms with Crippen LogP contribution < -0.4 is 14.4 Å². The number of carbonyl (C=O) groups excluding carboxylic acids is 2. The van der Waals surface area contributed by atoms with Gasteiger partial charge in [0.1, 0.15) is 18.3 Å². The van der Waals surface area contributed by atoms with E-state index >= 15 is 0 Å². The molecule has 0 aliphatic carbocycles. The smallest absolute Gasteiger partial charge is 0.244 e. The van der Waals surface area contributed by atoms with Crippen molar-refractivity contribution in [1.29, 1.82) is 0 Å². The van der Waals surface area contributed by atoms with Crippen molar-refractivity contribution in [2.75, 3.05) is 24.2 Å². The van der Waals surface area contributed by atoms with Gasteiger partial charge >= 0.3 is 0 Å². The average Bonchev–Trinajstić information content (AvgIpc) is 2.80. The highest BCUT2D eigenvalue weighted by Crippen LogP contribution is 2.22. The SMILES string of the molecule is CC[C@@H](C)NC(=O)[C@H](C)N(Cc1ccc(C)cc1)C(=O)CN(c1ccc(OC)cc1)S(C)(=O)=O. The third-order valence-corrected chi connectivity index (χ3v) is 6.82. The number of rotatable bonds is 11. The first-order valence-electron chi connectivity index (χ1n) is 11.2. The van der Waals surface area contributed by atoms with Gasteiger partial charge in [0.25, 0.3) is 0 Å². The number of methoxy groups -OCH3 is 1. The largest absolute Gasteiger partial charge is 0.497 e. The van der Waals surface area contributed by atoms with Gasteiger partial charge in [-0.25, -0.2) is 8.42 Å². The van der Waals surface area contributed by atoms with Crippen LogP contribution in [-0.2, 0) is 26.2 Å². The molecule has 1 N–H and O–H groups in total. The molecule has 2 atom stereocenters. The fourth-order valence-corrected chi connectivity index (χ4v) is 4.15. The van der Waals surface area contributed by atoms with E-state index in [2.05, 4.69) is 5.32 Å². The van der Waals surface area contributed by atoms with Crippen LogP contribution in [0.2, 0.25) is 0 Å². The quantitative estimate of drug-likeness (QED) is 0.523. The van der Waals surface area contributed by atoms with Crippen LogP contribution in [0.5, 0.6) is 5.75 Å². The second kappa shape index (κ2) is 11.9. The molecular formula is C25H35N3O5S. The first-order chi connectivity index (χ1) is 16.0. The zero-order valence-electron chi connectivity index (χ0n) is 20.7. The van der Waals surface area contributed by atoms with Crippen LogP contribution in [0.3, 0.4) is 0 Å². The number of carbonyl (C=O) groups is 2. The zero-order chi connectivity index (χ0) is 25.5. The van der Waals surface area contributed by atoms with Crippen LogP contribution in [0.1, 0.15) is 38.3 Å². The molecule has 2 aromatic rings. The van der Waals surface area contributed by atoms with Gasteiger partial charge in [-0.15, -0.1) is 0 Å². The molecule has 8 nitrogen and oxygen atoms in total. The van der Waals surface area contributed by atoms with E-state index in [1.165, 1.54) is 12.0 Å². The molecule has 0 aromatic heterocycles. The van der Waals surface area contributed by atoms with Crippen molar-refractivity contribution in [3.8, 4) is 5.75 Å². The van der Waals surface area contributed by atoms with Crippen molar-refractivity contribution in [2.45, 2.75) is 52.7 Å². The molecule has 0 heterocycles. The van der Waals surface area contributed by atoms with Gasteiger partial charge in [0.05, 0.1) is 19.1 Å². The van der Waals surface area contributed by atoms with Crippen molar-refractivity contribution in [1.82, 2.24) is 10.2 Å². The summed E-state index contributed by atoms with van der Waals surface area (Å²) in [7, 11) is -2.25. The van der Waals surface area contributed by atoms with E-state index in [1.54, 1.807) is 31.2 Å². The number of aryl methyl sites for hydroxylation is 1.